The fraction of sp³-hybridized carbons (Fsp3) is 0.722. The van der Waals surface area contributed by atoms with Crippen LogP contribution in [0.15, 0.2) is 22.8 Å². The molecule has 0 aliphatic carbocycles. The van der Waals surface area contributed by atoms with Crippen molar-refractivity contribution in [3.63, 3.8) is 0 Å². The normalized spacial score (nSPS) is 13.7. The second-order valence-electron chi connectivity index (χ2n) is 7.94. The number of carbonyl (C=O) groups excluding carboxylic acids is 1. The third-order valence-electron chi connectivity index (χ3n) is 3.34. The minimum Gasteiger partial charge on any atom is -0.469 e. The van der Waals surface area contributed by atoms with Crippen molar-refractivity contribution in [3.8, 4) is 0 Å². The highest BCUT2D eigenvalue weighted by Gasteiger charge is 2.30. The van der Waals surface area contributed by atoms with Crippen molar-refractivity contribution < 1.29 is 13.9 Å². The van der Waals surface area contributed by atoms with Gasteiger partial charge in [-0.2, -0.15) is 0 Å². The molecule has 1 amide bonds. The van der Waals surface area contributed by atoms with E-state index in [9.17, 15) is 4.79 Å². The standard InChI is InChI=1S/C18H32N2O3/c1-14(13-15-9-8-12-22-15)19-10-11-20(17(2,3)4)16(21)23-18(5,6)7/h8-9,12,14,19H,10-11,13H2,1-7H3. The third-order valence-corrected chi connectivity index (χ3v) is 3.34. The maximum Gasteiger partial charge on any atom is 0.410 e. The van der Waals surface area contributed by atoms with Crippen molar-refractivity contribution in [2.45, 2.75) is 72.1 Å². The Bertz CT molecular complexity index is 469. The molecule has 1 aromatic heterocycles. The van der Waals surface area contributed by atoms with Crippen LogP contribution in [-0.2, 0) is 11.2 Å². The predicted octanol–water partition coefficient (Wildman–Crippen LogP) is 3.84. The number of amides is 1. The molecule has 132 valence electrons. The van der Waals surface area contributed by atoms with Crippen molar-refractivity contribution in [1.29, 1.82) is 0 Å². The Morgan fingerprint density at radius 3 is 2.43 bits per heavy atom. The summed E-state index contributed by atoms with van der Waals surface area (Å²) in [5, 5.41) is 3.43. The summed E-state index contributed by atoms with van der Waals surface area (Å²) in [7, 11) is 0. The van der Waals surface area contributed by atoms with E-state index < -0.39 is 5.60 Å². The van der Waals surface area contributed by atoms with Crippen molar-refractivity contribution in [2.24, 2.45) is 0 Å². The van der Waals surface area contributed by atoms with Gasteiger partial charge < -0.3 is 19.4 Å². The van der Waals surface area contributed by atoms with Crippen LogP contribution in [0.3, 0.4) is 0 Å². The molecule has 1 aromatic rings. The van der Waals surface area contributed by atoms with Gasteiger partial charge in [0.1, 0.15) is 11.4 Å². The first kappa shape index (κ1) is 19.6. The molecule has 1 heterocycles. The Labute approximate surface area is 140 Å². The zero-order valence-corrected chi connectivity index (χ0v) is 15.6. The first-order valence-corrected chi connectivity index (χ1v) is 8.25. The first-order chi connectivity index (χ1) is 10.5. The van der Waals surface area contributed by atoms with Crippen LogP contribution in [0.1, 0.15) is 54.2 Å². The Morgan fingerprint density at radius 1 is 1.30 bits per heavy atom. The second-order valence-corrected chi connectivity index (χ2v) is 7.94. The number of nitrogens with zero attached hydrogens (tertiary/aromatic N) is 1. The maximum absolute atomic E-state index is 12.4. The molecule has 5 heteroatoms. The van der Waals surface area contributed by atoms with Crippen LogP contribution in [0.25, 0.3) is 0 Å². The van der Waals surface area contributed by atoms with Crippen molar-refractivity contribution >= 4 is 6.09 Å². The monoisotopic (exact) mass is 324 g/mol. The lowest BCUT2D eigenvalue weighted by atomic mass is 10.1. The van der Waals surface area contributed by atoms with Gasteiger partial charge in [-0.3, -0.25) is 0 Å². The molecule has 0 spiro atoms. The molecular weight excluding hydrogens is 292 g/mol. The molecule has 0 saturated heterocycles. The molecule has 0 fully saturated rings. The molecule has 0 bridgehead atoms. The third kappa shape index (κ3) is 7.55. The molecule has 0 radical (unpaired) electrons. The van der Waals surface area contributed by atoms with E-state index >= 15 is 0 Å². The molecule has 0 aliphatic rings. The first-order valence-electron chi connectivity index (χ1n) is 8.25. The van der Waals surface area contributed by atoms with E-state index in [0.29, 0.717) is 13.1 Å². The summed E-state index contributed by atoms with van der Waals surface area (Å²) in [6, 6.07) is 4.15. The van der Waals surface area contributed by atoms with Crippen LogP contribution in [0, 0.1) is 0 Å². The van der Waals surface area contributed by atoms with Crippen LogP contribution in [0.5, 0.6) is 0 Å². The Morgan fingerprint density at radius 2 is 1.96 bits per heavy atom. The molecule has 0 aliphatic heterocycles. The summed E-state index contributed by atoms with van der Waals surface area (Å²) in [6.45, 7) is 15.1. The number of nitrogens with one attached hydrogen (secondary N) is 1. The van der Waals surface area contributed by atoms with Gasteiger partial charge in [0.05, 0.1) is 6.26 Å². The van der Waals surface area contributed by atoms with E-state index in [-0.39, 0.29) is 17.7 Å². The molecular formula is C18H32N2O3. The van der Waals surface area contributed by atoms with Gasteiger partial charge in [-0.15, -0.1) is 0 Å². The van der Waals surface area contributed by atoms with Gasteiger partial charge in [0.15, 0.2) is 0 Å². The van der Waals surface area contributed by atoms with Crippen molar-refractivity contribution in [1.82, 2.24) is 10.2 Å². The largest absolute Gasteiger partial charge is 0.469 e. The second kappa shape index (κ2) is 7.86. The summed E-state index contributed by atoms with van der Waals surface area (Å²) < 4.78 is 10.9. The van der Waals surface area contributed by atoms with Gasteiger partial charge in [-0.05, 0) is 60.6 Å². The summed E-state index contributed by atoms with van der Waals surface area (Å²) in [5.41, 5.74) is -0.769. The van der Waals surface area contributed by atoms with Gasteiger partial charge in [0.25, 0.3) is 0 Å². The molecule has 1 rings (SSSR count). The lowest BCUT2D eigenvalue weighted by molar-refractivity contribution is 0.00648. The van der Waals surface area contributed by atoms with Gasteiger partial charge in [0.2, 0.25) is 0 Å². The molecule has 1 N–H and O–H groups in total. The lowest BCUT2D eigenvalue weighted by Gasteiger charge is -2.37. The molecule has 1 unspecified atom stereocenters. The highest BCUT2D eigenvalue weighted by molar-refractivity contribution is 5.69. The lowest BCUT2D eigenvalue weighted by Crippen LogP contribution is -2.50. The van der Waals surface area contributed by atoms with Gasteiger partial charge in [-0.25, -0.2) is 4.79 Å². The van der Waals surface area contributed by atoms with E-state index in [2.05, 4.69) is 12.2 Å². The van der Waals surface area contributed by atoms with Gasteiger partial charge in [0, 0.05) is 31.1 Å². The minimum absolute atomic E-state index is 0.273. The van der Waals surface area contributed by atoms with E-state index in [1.807, 2.05) is 53.7 Å². The van der Waals surface area contributed by atoms with Crippen molar-refractivity contribution in [2.75, 3.05) is 13.1 Å². The molecule has 0 saturated carbocycles. The molecule has 0 aromatic carbocycles. The zero-order chi connectivity index (χ0) is 17.7. The molecule has 1 atom stereocenters. The summed E-state index contributed by atoms with van der Waals surface area (Å²) in [4.78, 5) is 14.2. The summed E-state index contributed by atoms with van der Waals surface area (Å²) >= 11 is 0. The van der Waals surface area contributed by atoms with E-state index in [0.717, 1.165) is 12.2 Å². The molecule has 5 nitrogen and oxygen atoms in total. The van der Waals surface area contributed by atoms with Crippen molar-refractivity contribution in [3.05, 3.63) is 24.2 Å². The van der Waals surface area contributed by atoms with E-state index in [1.165, 1.54) is 0 Å². The quantitative estimate of drug-likeness (QED) is 0.864. The predicted molar refractivity (Wildman–Crippen MR) is 92.6 cm³/mol. The minimum atomic E-state index is -0.486. The topological polar surface area (TPSA) is 54.7 Å². The van der Waals surface area contributed by atoms with E-state index in [4.69, 9.17) is 9.15 Å². The number of ether oxygens (including phenoxy) is 1. The Balaban J connectivity index is 2.50. The number of hydrogen-bond donors (Lipinski definition) is 1. The number of furan rings is 1. The average molecular weight is 324 g/mol. The van der Waals surface area contributed by atoms with Crippen LogP contribution in [0.2, 0.25) is 0 Å². The van der Waals surface area contributed by atoms with Gasteiger partial charge >= 0.3 is 6.09 Å². The van der Waals surface area contributed by atoms with Crippen LogP contribution in [0.4, 0.5) is 4.79 Å². The number of carbonyl (C=O) groups is 1. The summed E-state index contributed by atoms with van der Waals surface area (Å²) in [6.07, 6.45) is 2.24. The maximum atomic E-state index is 12.4. The van der Waals surface area contributed by atoms with Gasteiger partial charge in [-0.1, -0.05) is 0 Å². The highest BCUT2D eigenvalue weighted by Crippen LogP contribution is 2.18. The fourth-order valence-corrected chi connectivity index (χ4v) is 2.24. The van der Waals surface area contributed by atoms with Crippen LogP contribution >= 0.6 is 0 Å². The number of hydrogen-bond acceptors (Lipinski definition) is 4. The number of rotatable bonds is 6. The smallest absolute Gasteiger partial charge is 0.410 e. The zero-order valence-electron chi connectivity index (χ0n) is 15.6. The SMILES string of the molecule is CC(Cc1ccco1)NCCN(C(=O)OC(C)(C)C)C(C)(C)C. The average Bonchev–Trinajstić information content (AvgIpc) is 2.83. The molecule has 23 heavy (non-hydrogen) atoms. The Hall–Kier alpha value is -1.49. The highest BCUT2D eigenvalue weighted by atomic mass is 16.6. The van der Waals surface area contributed by atoms with E-state index in [1.54, 1.807) is 11.2 Å². The fourth-order valence-electron chi connectivity index (χ4n) is 2.24. The van der Waals surface area contributed by atoms with Crippen LogP contribution < -0.4 is 5.32 Å². The Kier molecular flexibility index (Phi) is 6.69. The summed E-state index contributed by atoms with van der Waals surface area (Å²) in [5.74, 6) is 0.963. The van der Waals surface area contributed by atoms with Crippen LogP contribution in [-0.4, -0.2) is 41.3 Å².